The topological polar surface area (TPSA) is 70.4 Å². The van der Waals surface area contributed by atoms with Crippen LogP contribution in [0.5, 0.6) is 0 Å². The third-order valence-electron chi connectivity index (χ3n) is 5.28. The Labute approximate surface area is 152 Å². The summed E-state index contributed by atoms with van der Waals surface area (Å²) in [6.45, 7) is 4.23. The Hall–Kier alpha value is -2.25. The van der Waals surface area contributed by atoms with E-state index >= 15 is 0 Å². The molecule has 1 amide bonds. The van der Waals surface area contributed by atoms with E-state index in [0.29, 0.717) is 12.0 Å². The number of likely N-dealkylation sites (N-methyl/N-ethyl adjacent to an activating group) is 1. The fraction of sp³-hybridized carbons (Fsp3) is 0.474. The Morgan fingerprint density at radius 3 is 2.54 bits per heavy atom. The molecule has 2 N–H and O–H groups in total. The highest BCUT2D eigenvalue weighted by molar-refractivity contribution is 5.80. The number of carbonyl (C=O) groups is 1. The number of aliphatic hydroxyl groups is 1. The van der Waals surface area contributed by atoms with Crippen molar-refractivity contribution in [3.05, 3.63) is 52.6 Å². The number of aliphatic hydroxyl groups excluding tert-OH is 1. The zero-order valence-electron chi connectivity index (χ0n) is 15.5. The number of hydrogen-bond acceptors (Lipinski definition) is 4. The molecule has 2 aromatic rings. The van der Waals surface area contributed by atoms with Crippen LogP contribution in [0.3, 0.4) is 0 Å². The van der Waals surface area contributed by atoms with Crippen LogP contribution < -0.4 is 5.32 Å². The van der Waals surface area contributed by atoms with E-state index in [2.05, 4.69) is 10.4 Å². The fourth-order valence-corrected chi connectivity index (χ4v) is 3.73. The SMILES string of the molecule is Cc1nn(C)c(C)c1[C@H]1[C@H](NC[C@@H](O)c2ccc(F)cc2)CC(=O)N1C. The number of halogens is 1. The Balaban J connectivity index is 1.77. The molecule has 1 aromatic carbocycles. The molecule has 3 rings (SSSR count). The van der Waals surface area contributed by atoms with E-state index in [4.69, 9.17) is 0 Å². The van der Waals surface area contributed by atoms with Crippen molar-refractivity contribution < 1.29 is 14.3 Å². The molecule has 140 valence electrons. The first-order chi connectivity index (χ1) is 12.3. The summed E-state index contributed by atoms with van der Waals surface area (Å²) in [5.41, 5.74) is 3.62. The summed E-state index contributed by atoms with van der Waals surface area (Å²) in [5, 5.41) is 18.2. The largest absolute Gasteiger partial charge is 0.387 e. The molecule has 2 heterocycles. The number of benzene rings is 1. The lowest BCUT2D eigenvalue weighted by molar-refractivity contribution is -0.127. The second kappa shape index (κ2) is 7.17. The summed E-state index contributed by atoms with van der Waals surface area (Å²) in [6.07, 6.45) is -0.404. The molecule has 1 aliphatic heterocycles. The third kappa shape index (κ3) is 3.37. The minimum Gasteiger partial charge on any atom is -0.387 e. The number of likely N-dealkylation sites (tertiary alicyclic amines) is 1. The van der Waals surface area contributed by atoms with Gasteiger partial charge in [0, 0.05) is 44.4 Å². The van der Waals surface area contributed by atoms with Gasteiger partial charge in [0.1, 0.15) is 5.82 Å². The van der Waals surface area contributed by atoms with Crippen LogP contribution in [0.1, 0.15) is 41.1 Å². The molecule has 0 radical (unpaired) electrons. The third-order valence-corrected chi connectivity index (χ3v) is 5.28. The van der Waals surface area contributed by atoms with E-state index in [9.17, 15) is 14.3 Å². The van der Waals surface area contributed by atoms with E-state index in [1.54, 1.807) is 24.1 Å². The average molecular weight is 360 g/mol. The molecule has 0 spiro atoms. The molecule has 1 aromatic heterocycles. The van der Waals surface area contributed by atoms with Crippen molar-refractivity contribution in [1.29, 1.82) is 0 Å². The summed E-state index contributed by atoms with van der Waals surface area (Å²) in [4.78, 5) is 14.1. The monoisotopic (exact) mass is 360 g/mol. The Morgan fingerprint density at radius 2 is 1.96 bits per heavy atom. The van der Waals surface area contributed by atoms with Crippen LogP contribution in [-0.4, -0.2) is 45.3 Å². The molecule has 0 aliphatic carbocycles. The van der Waals surface area contributed by atoms with Gasteiger partial charge < -0.3 is 15.3 Å². The van der Waals surface area contributed by atoms with E-state index < -0.39 is 6.10 Å². The molecule has 0 saturated carbocycles. The molecule has 1 aliphatic rings. The number of carbonyl (C=O) groups excluding carboxylic acids is 1. The summed E-state index contributed by atoms with van der Waals surface area (Å²) >= 11 is 0. The minimum absolute atomic E-state index is 0.0615. The minimum atomic E-state index is -0.770. The first-order valence-electron chi connectivity index (χ1n) is 8.72. The number of aromatic nitrogens is 2. The molecule has 0 unspecified atom stereocenters. The van der Waals surface area contributed by atoms with E-state index in [0.717, 1.165) is 17.0 Å². The molecule has 1 saturated heterocycles. The van der Waals surface area contributed by atoms with Crippen LogP contribution in [-0.2, 0) is 11.8 Å². The van der Waals surface area contributed by atoms with Gasteiger partial charge in [0.05, 0.1) is 17.8 Å². The van der Waals surface area contributed by atoms with Crippen molar-refractivity contribution in [2.24, 2.45) is 7.05 Å². The van der Waals surface area contributed by atoms with Gasteiger partial charge >= 0.3 is 0 Å². The standard InChI is InChI=1S/C19H25FN4O2/c1-11-18(12(2)24(4)22-11)19-15(9-17(26)23(19)3)21-10-16(25)13-5-7-14(20)8-6-13/h5-8,15-16,19,21,25H,9-10H2,1-4H3/t15-,16-,19-/m1/s1. The zero-order chi connectivity index (χ0) is 19.0. The van der Waals surface area contributed by atoms with Crippen molar-refractivity contribution >= 4 is 5.91 Å². The van der Waals surface area contributed by atoms with Crippen molar-refractivity contribution in [3.8, 4) is 0 Å². The molecule has 1 fully saturated rings. The normalized spacial score (nSPS) is 21.5. The molecule has 6 nitrogen and oxygen atoms in total. The van der Waals surface area contributed by atoms with Gasteiger partial charge in [0.25, 0.3) is 0 Å². The van der Waals surface area contributed by atoms with Crippen molar-refractivity contribution in [1.82, 2.24) is 20.0 Å². The predicted molar refractivity (Wildman–Crippen MR) is 96.0 cm³/mol. The number of nitrogens with zero attached hydrogens (tertiary/aromatic N) is 3. The number of rotatable bonds is 5. The second-order valence-corrected chi connectivity index (χ2v) is 6.94. The second-order valence-electron chi connectivity index (χ2n) is 6.94. The van der Waals surface area contributed by atoms with Gasteiger partial charge in [-0.05, 0) is 31.5 Å². The molecule has 26 heavy (non-hydrogen) atoms. The average Bonchev–Trinajstić information content (AvgIpc) is 3.01. The van der Waals surface area contributed by atoms with Crippen LogP contribution in [0.25, 0.3) is 0 Å². The van der Waals surface area contributed by atoms with Crippen LogP contribution in [0.4, 0.5) is 4.39 Å². The maximum Gasteiger partial charge on any atom is 0.224 e. The van der Waals surface area contributed by atoms with Gasteiger partial charge in [0.2, 0.25) is 5.91 Å². The summed E-state index contributed by atoms with van der Waals surface area (Å²) in [6, 6.07) is 5.55. The quantitative estimate of drug-likeness (QED) is 0.853. The Kier molecular flexibility index (Phi) is 5.11. The first-order valence-corrected chi connectivity index (χ1v) is 8.72. The van der Waals surface area contributed by atoms with Crippen LogP contribution in [0, 0.1) is 19.7 Å². The highest BCUT2D eigenvalue weighted by Crippen LogP contribution is 2.35. The van der Waals surface area contributed by atoms with Gasteiger partial charge in [0.15, 0.2) is 0 Å². The highest BCUT2D eigenvalue weighted by atomic mass is 19.1. The number of hydrogen-bond donors (Lipinski definition) is 2. The van der Waals surface area contributed by atoms with Crippen molar-refractivity contribution in [2.75, 3.05) is 13.6 Å². The molecular weight excluding hydrogens is 335 g/mol. The highest BCUT2D eigenvalue weighted by Gasteiger charge is 2.41. The van der Waals surface area contributed by atoms with Gasteiger partial charge in [-0.15, -0.1) is 0 Å². The van der Waals surface area contributed by atoms with Gasteiger partial charge in [-0.3, -0.25) is 9.48 Å². The molecule has 0 bridgehead atoms. The zero-order valence-corrected chi connectivity index (χ0v) is 15.5. The maximum atomic E-state index is 13.0. The summed E-state index contributed by atoms with van der Waals surface area (Å²) in [7, 11) is 3.69. The van der Waals surface area contributed by atoms with Gasteiger partial charge in [-0.2, -0.15) is 5.10 Å². The van der Waals surface area contributed by atoms with E-state index in [1.807, 2.05) is 25.6 Å². The van der Waals surface area contributed by atoms with Crippen LogP contribution in [0.2, 0.25) is 0 Å². The number of nitrogens with one attached hydrogen (secondary N) is 1. The van der Waals surface area contributed by atoms with Crippen LogP contribution >= 0.6 is 0 Å². The smallest absolute Gasteiger partial charge is 0.224 e. The number of amides is 1. The summed E-state index contributed by atoms with van der Waals surface area (Å²) < 4.78 is 14.9. The Bertz CT molecular complexity index is 803. The van der Waals surface area contributed by atoms with E-state index in [-0.39, 0.29) is 30.4 Å². The van der Waals surface area contributed by atoms with Gasteiger partial charge in [-0.25, -0.2) is 4.39 Å². The maximum absolute atomic E-state index is 13.0. The summed E-state index contributed by atoms with van der Waals surface area (Å²) in [5.74, 6) is -0.272. The van der Waals surface area contributed by atoms with Crippen molar-refractivity contribution in [3.63, 3.8) is 0 Å². The molecule has 3 atom stereocenters. The predicted octanol–water partition coefficient (Wildman–Crippen LogP) is 1.77. The lowest BCUT2D eigenvalue weighted by Gasteiger charge is -2.27. The lowest BCUT2D eigenvalue weighted by atomic mass is 9.98. The number of aryl methyl sites for hydroxylation is 2. The Morgan fingerprint density at radius 1 is 1.31 bits per heavy atom. The van der Waals surface area contributed by atoms with Crippen LogP contribution in [0.15, 0.2) is 24.3 Å². The molecule has 7 heteroatoms. The first kappa shape index (κ1) is 18.5. The van der Waals surface area contributed by atoms with E-state index in [1.165, 1.54) is 12.1 Å². The molecular formula is C19H25FN4O2. The van der Waals surface area contributed by atoms with Crippen molar-refractivity contribution in [2.45, 2.75) is 38.5 Å². The fourth-order valence-electron chi connectivity index (χ4n) is 3.73. The van der Waals surface area contributed by atoms with Gasteiger partial charge in [-0.1, -0.05) is 12.1 Å². The lowest BCUT2D eigenvalue weighted by Crippen LogP contribution is -2.37.